The van der Waals surface area contributed by atoms with E-state index < -0.39 is 0 Å². The predicted molar refractivity (Wildman–Crippen MR) is 78.0 cm³/mol. The van der Waals surface area contributed by atoms with Crippen LogP contribution in [-0.2, 0) is 13.5 Å². The van der Waals surface area contributed by atoms with E-state index in [0.717, 1.165) is 23.7 Å². The Kier molecular flexibility index (Phi) is 3.48. The van der Waals surface area contributed by atoms with Crippen molar-refractivity contribution in [2.45, 2.75) is 19.8 Å². The van der Waals surface area contributed by atoms with Crippen LogP contribution >= 0.6 is 12.2 Å². The fourth-order valence-electron chi connectivity index (χ4n) is 2.25. The average Bonchev–Trinajstić information content (AvgIpc) is 2.65. The molecule has 20 heavy (non-hydrogen) atoms. The molecule has 6 heteroatoms. The van der Waals surface area contributed by atoms with E-state index in [1.807, 2.05) is 23.7 Å². The molecule has 106 valence electrons. The van der Waals surface area contributed by atoms with Crippen molar-refractivity contribution < 1.29 is 9.47 Å². The van der Waals surface area contributed by atoms with Gasteiger partial charge < -0.3 is 14.0 Å². The van der Waals surface area contributed by atoms with Crippen molar-refractivity contribution >= 4 is 12.2 Å². The number of ether oxygens (including phenoxy) is 2. The molecule has 1 aliphatic heterocycles. The first-order valence-corrected chi connectivity index (χ1v) is 7.05. The summed E-state index contributed by atoms with van der Waals surface area (Å²) in [6.07, 6.45) is 1.63. The summed E-state index contributed by atoms with van der Waals surface area (Å²) in [5, 5.41) is 7.06. The van der Waals surface area contributed by atoms with Crippen LogP contribution in [0.5, 0.6) is 11.5 Å². The molecule has 0 amide bonds. The summed E-state index contributed by atoms with van der Waals surface area (Å²) in [6, 6.07) is 4.09. The standard InChI is InChI=1S/C14H17N3O2S/c1-9-6-11-12(19-5-3-4-18-11)7-10(9)8-13-15-16-14(20)17(13)2/h6-7H,3-5,8H2,1-2H3,(H,16,20). The van der Waals surface area contributed by atoms with E-state index in [0.29, 0.717) is 24.4 Å². The van der Waals surface area contributed by atoms with E-state index in [4.69, 9.17) is 21.7 Å². The molecule has 1 aromatic carbocycles. The Labute approximate surface area is 122 Å². The Morgan fingerprint density at radius 2 is 2.00 bits per heavy atom. The van der Waals surface area contributed by atoms with Gasteiger partial charge in [-0.15, -0.1) is 0 Å². The molecule has 0 unspecified atom stereocenters. The van der Waals surface area contributed by atoms with E-state index >= 15 is 0 Å². The summed E-state index contributed by atoms with van der Waals surface area (Å²) >= 11 is 5.14. The molecular weight excluding hydrogens is 274 g/mol. The monoisotopic (exact) mass is 291 g/mol. The molecule has 5 nitrogen and oxygen atoms in total. The van der Waals surface area contributed by atoms with Crippen LogP contribution in [0.3, 0.4) is 0 Å². The smallest absolute Gasteiger partial charge is 0.194 e. The third kappa shape index (κ3) is 2.43. The van der Waals surface area contributed by atoms with Crippen LogP contribution in [0.25, 0.3) is 0 Å². The van der Waals surface area contributed by atoms with Gasteiger partial charge in [0, 0.05) is 19.9 Å². The first kappa shape index (κ1) is 13.2. The van der Waals surface area contributed by atoms with Gasteiger partial charge in [-0.2, -0.15) is 5.10 Å². The van der Waals surface area contributed by atoms with Crippen molar-refractivity contribution in [3.05, 3.63) is 33.9 Å². The summed E-state index contributed by atoms with van der Waals surface area (Å²) in [7, 11) is 1.92. The van der Waals surface area contributed by atoms with Gasteiger partial charge in [-0.3, -0.25) is 5.10 Å². The lowest BCUT2D eigenvalue weighted by molar-refractivity contribution is 0.297. The fraction of sp³-hybridized carbons (Fsp3) is 0.429. The third-order valence-electron chi connectivity index (χ3n) is 3.53. The van der Waals surface area contributed by atoms with Gasteiger partial charge in [0.1, 0.15) is 5.82 Å². The number of nitrogens with zero attached hydrogens (tertiary/aromatic N) is 2. The van der Waals surface area contributed by atoms with Gasteiger partial charge in [0.05, 0.1) is 13.2 Å². The quantitative estimate of drug-likeness (QED) is 0.864. The Morgan fingerprint density at radius 1 is 1.30 bits per heavy atom. The van der Waals surface area contributed by atoms with Gasteiger partial charge in [0.25, 0.3) is 0 Å². The van der Waals surface area contributed by atoms with Gasteiger partial charge in [-0.1, -0.05) is 0 Å². The second kappa shape index (κ2) is 5.28. The van der Waals surface area contributed by atoms with E-state index in [-0.39, 0.29) is 0 Å². The summed E-state index contributed by atoms with van der Waals surface area (Å²) < 4.78 is 13.9. The molecule has 0 fully saturated rings. The zero-order valence-electron chi connectivity index (χ0n) is 11.6. The minimum absolute atomic E-state index is 0.631. The molecule has 0 saturated carbocycles. The Bertz CT molecular complexity index is 690. The number of aryl methyl sites for hydroxylation is 1. The molecule has 0 bridgehead atoms. The maximum atomic E-state index is 5.74. The molecule has 0 saturated heterocycles. The lowest BCUT2D eigenvalue weighted by atomic mass is 10.0. The van der Waals surface area contributed by atoms with Gasteiger partial charge >= 0.3 is 0 Å². The van der Waals surface area contributed by atoms with Crippen LogP contribution in [-0.4, -0.2) is 28.0 Å². The van der Waals surface area contributed by atoms with Gasteiger partial charge in [0.2, 0.25) is 0 Å². The van der Waals surface area contributed by atoms with E-state index in [9.17, 15) is 0 Å². The second-order valence-corrected chi connectivity index (χ2v) is 5.34. The minimum atomic E-state index is 0.631. The molecular formula is C14H17N3O2S. The average molecular weight is 291 g/mol. The van der Waals surface area contributed by atoms with Crippen molar-refractivity contribution in [2.75, 3.05) is 13.2 Å². The van der Waals surface area contributed by atoms with Crippen molar-refractivity contribution in [1.82, 2.24) is 14.8 Å². The summed E-state index contributed by atoms with van der Waals surface area (Å²) in [6.45, 7) is 3.48. The van der Waals surface area contributed by atoms with Gasteiger partial charge in [0.15, 0.2) is 16.3 Å². The van der Waals surface area contributed by atoms with Crippen LogP contribution in [0.2, 0.25) is 0 Å². The van der Waals surface area contributed by atoms with Crippen molar-refractivity contribution in [2.24, 2.45) is 7.05 Å². The molecule has 1 aliphatic rings. The zero-order valence-corrected chi connectivity index (χ0v) is 12.4. The number of rotatable bonds is 2. The number of aromatic nitrogens is 3. The van der Waals surface area contributed by atoms with E-state index in [1.54, 1.807) is 0 Å². The first-order valence-electron chi connectivity index (χ1n) is 6.64. The molecule has 0 spiro atoms. The largest absolute Gasteiger partial charge is 0.490 e. The van der Waals surface area contributed by atoms with Crippen molar-refractivity contribution in [3.8, 4) is 11.5 Å². The molecule has 0 atom stereocenters. The molecule has 3 rings (SSSR count). The highest BCUT2D eigenvalue weighted by atomic mass is 32.1. The summed E-state index contributed by atoms with van der Waals surface area (Å²) in [5.74, 6) is 2.56. The summed E-state index contributed by atoms with van der Waals surface area (Å²) in [5.41, 5.74) is 2.34. The SMILES string of the molecule is Cc1cc2c(cc1Cc1n[nH]c(=S)n1C)OCCCO2. The topological polar surface area (TPSA) is 52.1 Å². The normalized spacial score (nSPS) is 14.1. The maximum absolute atomic E-state index is 5.74. The Morgan fingerprint density at radius 3 is 2.65 bits per heavy atom. The molecule has 0 radical (unpaired) electrons. The zero-order chi connectivity index (χ0) is 14.1. The number of hydrogen-bond donors (Lipinski definition) is 1. The third-order valence-corrected chi connectivity index (χ3v) is 3.89. The number of aromatic amines is 1. The van der Waals surface area contributed by atoms with Crippen molar-refractivity contribution in [1.29, 1.82) is 0 Å². The minimum Gasteiger partial charge on any atom is -0.490 e. The van der Waals surface area contributed by atoms with Gasteiger partial charge in [-0.05, 0) is 42.4 Å². The molecule has 2 aromatic rings. The molecule has 2 heterocycles. The lowest BCUT2D eigenvalue weighted by Gasteiger charge is -2.12. The Hall–Kier alpha value is -1.82. The van der Waals surface area contributed by atoms with Crippen LogP contribution in [0.4, 0.5) is 0 Å². The number of fused-ring (bicyclic) bond motifs is 1. The first-order chi connectivity index (χ1) is 9.65. The Balaban J connectivity index is 1.95. The van der Waals surface area contributed by atoms with Crippen molar-refractivity contribution in [3.63, 3.8) is 0 Å². The molecule has 0 aliphatic carbocycles. The number of nitrogens with one attached hydrogen (secondary N) is 1. The fourth-order valence-corrected chi connectivity index (χ4v) is 2.40. The summed E-state index contributed by atoms with van der Waals surface area (Å²) in [4.78, 5) is 0. The number of H-pyrrole nitrogens is 1. The van der Waals surface area contributed by atoms with Crippen LogP contribution in [0.1, 0.15) is 23.4 Å². The van der Waals surface area contributed by atoms with E-state index in [2.05, 4.69) is 17.1 Å². The van der Waals surface area contributed by atoms with Crippen LogP contribution in [0, 0.1) is 11.7 Å². The molecule has 1 N–H and O–H groups in total. The van der Waals surface area contributed by atoms with E-state index in [1.165, 1.54) is 11.1 Å². The number of hydrogen-bond acceptors (Lipinski definition) is 4. The highest BCUT2D eigenvalue weighted by Crippen LogP contribution is 2.33. The van der Waals surface area contributed by atoms with Crippen LogP contribution < -0.4 is 9.47 Å². The predicted octanol–water partition coefficient (Wildman–Crippen LogP) is 2.54. The molecule has 1 aromatic heterocycles. The second-order valence-electron chi connectivity index (χ2n) is 4.96. The highest BCUT2D eigenvalue weighted by molar-refractivity contribution is 7.71. The van der Waals surface area contributed by atoms with Gasteiger partial charge in [-0.25, -0.2) is 0 Å². The van der Waals surface area contributed by atoms with Crippen LogP contribution in [0.15, 0.2) is 12.1 Å². The number of benzene rings is 1. The highest BCUT2D eigenvalue weighted by Gasteiger charge is 2.14. The lowest BCUT2D eigenvalue weighted by Crippen LogP contribution is -2.02. The maximum Gasteiger partial charge on any atom is 0.194 e.